The van der Waals surface area contributed by atoms with E-state index in [0.717, 1.165) is 11.1 Å². The number of benzene rings is 3. The molecule has 0 aromatic heterocycles. The van der Waals surface area contributed by atoms with Gasteiger partial charge in [0.15, 0.2) is 0 Å². The van der Waals surface area contributed by atoms with Gasteiger partial charge < -0.3 is 10.4 Å². The SMILES string of the molecule is O=C(Nc1cc(-c2ccccc2)ccc1C(=O)O)c1ccccc1Cl. The van der Waals surface area contributed by atoms with Crippen LogP contribution < -0.4 is 5.32 Å². The highest BCUT2D eigenvalue weighted by Gasteiger charge is 2.16. The summed E-state index contributed by atoms with van der Waals surface area (Å²) in [6.45, 7) is 0. The Morgan fingerprint density at radius 1 is 0.800 bits per heavy atom. The predicted molar refractivity (Wildman–Crippen MR) is 98.2 cm³/mol. The first-order valence-electron chi connectivity index (χ1n) is 7.55. The van der Waals surface area contributed by atoms with E-state index in [1.165, 1.54) is 6.07 Å². The van der Waals surface area contributed by atoms with Gasteiger partial charge in [-0.15, -0.1) is 0 Å². The highest BCUT2D eigenvalue weighted by molar-refractivity contribution is 6.34. The minimum absolute atomic E-state index is 0.0140. The van der Waals surface area contributed by atoms with Gasteiger partial charge in [0.2, 0.25) is 0 Å². The Morgan fingerprint density at radius 2 is 1.48 bits per heavy atom. The Labute approximate surface area is 149 Å². The number of carbonyl (C=O) groups excluding carboxylic acids is 1. The number of anilines is 1. The molecule has 4 nitrogen and oxygen atoms in total. The second-order valence-corrected chi connectivity index (χ2v) is 5.77. The number of carboxylic acids is 1. The number of hydrogen-bond donors (Lipinski definition) is 2. The average Bonchev–Trinajstić information content (AvgIpc) is 2.62. The summed E-state index contributed by atoms with van der Waals surface area (Å²) < 4.78 is 0. The summed E-state index contributed by atoms with van der Waals surface area (Å²) in [4.78, 5) is 23.9. The number of halogens is 1. The molecule has 2 N–H and O–H groups in total. The van der Waals surface area contributed by atoms with E-state index in [0.29, 0.717) is 5.02 Å². The molecule has 0 aliphatic rings. The molecule has 0 atom stereocenters. The van der Waals surface area contributed by atoms with Crippen LogP contribution in [0.5, 0.6) is 0 Å². The average molecular weight is 352 g/mol. The van der Waals surface area contributed by atoms with Crippen LogP contribution in [0.25, 0.3) is 11.1 Å². The lowest BCUT2D eigenvalue weighted by molar-refractivity contribution is 0.0698. The van der Waals surface area contributed by atoms with E-state index in [-0.39, 0.29) is 16.8 Å². The van der Waals surface area contributed by atoms with Crippen LogP contribution in [0.2, 0.25) is 5.02 Å². The Balaban J connectivity index is 2.00. The number of rotatable bonds is 4. The first-order chi connectivity index (χ1) is 12.1. The molecule has 0 saturated heterocycles. The molecule has 0 aliphatic heterocycles. The maximum Gasteiger partial charge on any atom is 0.337 e. The van der Waals surface area contributed by atoms with Crippen LogP contribution in [-0.4, -0.2) is 17.0 Å². The molecule has 0 saturated carbocycles. The van der Waals surface area contributed by atoms with Crippen molar-refractivity contribution in [2.45, 2.75) is 0 Å². The van der Waals surface area contributed by atoms with Crippen LogP contribution >= 0.6 is 11.6 Å². The second-order valence-electron chi connectivity index (χ2n) is 5.37. The fraction of sp³-hybridized carbons (Fsp3) is 0. The lowest BCUT2D eigenvalue weighted by Crippen LogP contribution is -2.15. The molecule has 0 radical (unpaired) electrons. The van der Waals surface area contributed by atoms with Gasteiger partial charge in [0, 0.05) is 0 Å². The molecule has 0 fully saturated rings. The van der Waals surface area contributed by atoms with Crippen molar-refractivity contribution in [3.63, 3.8) is 0 Å². The van der Waals surface area contributed by atoms with Crippen molar-refractivity contribution in [2.24, 2.45) is 0 Å². The maximum atomic E-state index is 12.5. The molecule has 0 heterocycles. The predicted octanol–water partition coefficient (Wildman–Crippen LogP) is 4.96. The lowest BCUT2D eigenvalue weighted by atomic mass is 10.0. The van der Waals surface area contributed by atoms with E-state index >= 15 is 0 Å². The molecular formula is C20H14ClNO3. The monoisotopic (exact) mass is 351 g/mol. The number of carboxylic acid groups (broad SMARTS) is 1. The zero-order valence-electron chi connectivity index (χ0n) is 13.1. The van der Waals surface area contributed by atoms with Crippen LogP contribution in [0.15, 0.2) is 72.8 Å². The summed E-state index contributed by atoms with van der Waals surface area (Å²) in [7, 11) is 0. The molecule has 0 spiro atoms. The number of carbonyl (C=O) groups is 2. The van der Waals surface area contributed by atoms with Crippen LogP contribution in [-0.2, 0) is 0 Å². The molecule has 3 rings (SSSR count). The first kappa shape index (κ1) is 16.7. The largest absolute Gasteiger partial charge is 0.478 e. The van der Waals surface area contributed by atoms with Gasteiger partial charge in [0.25, 0.3) is 5.91 Å². The zero-order valence-corrected chi connectivity index (χ0v) is 13.8. The molecule has 0 aliphatic carbocycles. The van der Waals surface area contributed by atoms with Gasteiger partial charge in [-0.25, -0.2) is 4.79 Å². The van der Waals surface area contributed by atoms with Crippen LogP contribution in [0.3, 0.4) is 0 Å². The summed E-state index contributed by atoms with van der Waals surface area (Å²) in [5.41, 5.74) is 2.25. The molecular weight excluding hydrogens is 338 g/mol. The van der Waals surface area contributed by atoms with Gasteiger partial charge in [-0.2, -0.15) is 0 Å². The molecule has 25 heavy (non-hydrogen) atoms. The maximum absolute atomic E-state index is 12.5. The standard InChI is InChI=1S/C20H14ClNO3/c21-17-9-5-4-8-15(17)19(23)22-18-12-14(10-11-16(18)20(24)25)13-6-2-1-3-7-13/h1-12H,(H,22,23)(H,24,25). The van der Waals surface area contributed by atoms with Crippen molar-refractivity contribution < 1.29 is 14.7 Å². The fourth-order valence-electron chi connectivity index (χ4n) is 2.48. The summed E-state index contributed by atoms with van der Waals surface area (Å²) in [5, 5.41) is 12.3. The van der Waals surface area contributed by atoms with Crippen molar-refractivity contribution >= 4 is 29.2 Å². The summed E-state index contributed by atoms with van der Waals surface area (Å²) in [5.74, 6) is -1.58. The summed E-state index contributed by atoms with van der Waals surface area (Å²) in [6.07, 6.45) is 0. The topological polar surface area (TPSA) is 66.4 Å². The van der Waals surface area contributed by atoms with E-state index < -0.39 is 11.9 Å². The normalized spacial score (nSPS) is 10.3. The number of aromatic carboxylic acids is 1. The zero-order chi connectivity index (χ0) is 17.8. The molecule has 0 unspecified atom stereocenters. The van der Waals surface area contributed by atoms with Crippen molar-refractivity contribution in [3.05, 3.63) is 88.9 Å². The van der Waals surface area contributed by atoms with Gasteiger partial charge in [-0.1, -0.05) is 60.1 Å². The van der Waals surface area contributed by atoms with Crippen molar-refractivity contribution in [2.75, 3.05) is 5.32 Å². The number of hydrogen-bond acceptors (Lipinski definition) is 2. The highest BCUT2D eigenvalue weighted by Crippen LogP contribution is 2.27. The third kappa shape index (κ3) is 3.70. The third-order valence-electron chi connectivity index (χ3n) is 3.72. The number of amides is 1. The van der Waals surface area contributed by atoms with E-state index in [1.54, 1.807) is 36.4 Å². The Morgan fingerprint density at radius 3 is 2.16 bits per heavy atom. The molecule has 1 amide bonds. The van der Waals surface area contributed by atoms with Gasteiger partial charge in [0.1, 0.15) is 0 Å². The minimum atomic E-state index is -1.12. The Kier molecular flexibility index (Phi) is 4.82. The molecule has 0 bridgehead atoms. The second kappa shape index (κ2) is 7.20. The van der Waals surface area contributed by atoms with E-state index in [4.69, 9.17) is 11.6 Å². The number of nitrogens with one attached hydrogen (secondary N) is 1. The quantitative estimate of drug-likeness (QED) is 0.698. The first-order valence-corrected chi connectivity index (χ1v) is 7.92. The van der Waals surface area contributed by atoms with E-state index in [1.807, 2.05) is 30.3 Å². The van der Waals surface area contributed by atoms with Gasteiger partial charge >= 0.3 is 5.97 Å². The Bertz CT molecular complexity index is 939. The van der Waals surface area contributed by atoms with Crippen molar-refractivity contribution in [1.29, 1.82) is 0 Å². The smallest absolute Gasteiger partial charge is 0.337 e. The van der Waals surface area contributed by atoms with Crippen molar-refractivity contribution in [3.8, 4) is 11.1 Å². The van der Waals surface area contributed by atoms with Crippen molar-refractivity contribution in [1.82, 2.24) is 0 Å². The Hall–Kier alpha value is -3.11. The van der Waals surface area contributed by atoms with Crippen LogP contribution in [0.4, 0.5) is 5.69 Å². The minimum Gasteiger partial charge on any atom is -0.478 e. The fourth-order valence-corrected chi connectivity index (χ4v) is 2.70. The third-order valence-corrected chi connectivity index (χ3v) is 4.05. The van der Waals surface area contributed by atoms with E-state index in [2.05, 4.69) is 5.32 Å². The summed E-state index contributed by atoms with van der Waals surface area (Å²) >= 11 is 6.04. The molecule has 3 aromatic rings. The highest BCUT2D eigenvalue weighted by atomic mass is 35.5. The van der Waals surface area contributed by atoms with Crippen LogP contribution in [0, 0.1) is 0 Å². The molecule has 124 valence electrons. The lowest BCUT2D eigenvalue weighted by Gasteiger charge is -2.12. The van der Waals surface area contributed by atoms with Gasteiger partial charge in [-0.3, -0.25) is 4.79 Å². The van der Waals surface area contributed by atoms with Gasteiger partial charge in [0.05, 0.1) is 21.8 Å². The molecule has 3 aromatic carbocycles. The molecule has 5 heteroatoms. The van der Waals surface area contributed by atoms with Gasteiger partial charge in [-0.05, 0) is 35.4 Å². The summed E-state index contributed by atoms with van der Waals surface area (Å²) in [6, 6.07) is 20.9. The van der Waals surface area contributed by atoms with E-state index in [9.17, 15) is 14.7 Å². The van der Waals surface area contributed by atoms with Crippen LogP contribution in [0.1, 0.15) is 20.7 Å².